The summed E-state index contributed by atoms with van der Waals surface area (Å²) >= 11 is 1.58. The van der Waals surface area contributed by atoms with Crippen LogP contribution in [0.1, 0.15) is 33.3 Å². The van der Waals surface area contributed by atoms with E-state index in [-0.39, 0.29) is 5.91 Å². The minimum atomic E-state index is -0.641. The van der Waals surface area contributed by atoms with Crippen LogP contribution >= 0.6 is 11.8 Å². The molecule has 0 saturated carbocycles. The van der Waals surface area contributed by atoms with E-state index in [1.165, 1.54) is 0 Å². The van der Waals surface area contributed by atoms with E-state index >= 15 is 0 Å². The van der Waals surface area contributed by atoms with Crippen molar-refractivity contribution in [3.05, 3.63) is 29.8 Å². The Morgan fingerprint density at radius 3 is 2.36 bits per heavy atom. The van der Waals surface area contributed by atoms with Crippen molar-refractivity contribution in [3.63, 3.8) is 0 Å². The molecule has 0 heterocycles. The molecule has 0 aliphatic carbocycles. The van der Waals surface area contributed by atoms with Gasteiger partial charge in [0.15, 0.2) is 0 Å². The molecule has 0 aliphatic rings. The van der Waals surface area contributed by atoms with Gasteiger partial charge in [-0.3, -0.25) is 4.79 Å². The molecular formula is C18H28N2O4S. The summed E-state index contributed by atoms with van der Waals surface area (Å²) in [6, 6.07) is 6.81. The third-order valence-corrected chi connectivity index (χ3v) is 4.10. The Bertz CT molecular complexity index is 555. The number of nitrogens with one attached hydrogen (secondary N) is 2. The van der Waals surface area contributed by atoms with Gasteiger partial charge in [-0.05, 0) is 44.2 Å². The Morgan fingerprint density at radius 1 is 1.20 bits per heavy atom. The summed E-state index contributed by atoms with van der Waals surface area (Å²) in [6.07, 6.45) is -0.589. The molecule has 0 fully saturated rings. The van der Waals surface area contributed by atoms with Crippen molar-refractivity contribution >= 4 is 23.8 Å². The maximum atomic E-state index is 12.4. The average Bonchev–Trinajstić information content (AvgIpc) is 2.55. The predicted molar refractivity (Wildman–Crippen MR) is 101 cm³/mol. The van der Waals surface area contributed by atoms with Crippen molar-refractivity contribution in [1.82, 2.24) is 10.6 Å². The third-order valence-electron chi connectivity index (χ3n) is 3.12. The van der Waals surface area contributed by atoms with Crippen LogP contribution in [0.5, 0.6) is 5.75 Å². The summed E-state index contributed by atoms with van der Waals surface area (Å²) in [6.45, 7) is 7.74. The fourth-order valence-corrected chi connectivity index (χ4v) is 2.63. The van der Waals surface area contributed by atoms with Gasteiger partial charge in [0.1, 0.15) is 17.4 Å². The zero-order chi connectivity index (χ0) is 18.9. The number of benzene rings is 1. The highest BCUT2D eigenvalue weighted by Crippen LogP contribution is 2.11. The fourth-order valence-electron chi connectivity index (χ4n) is 1.92. The summed E-state index contributed by atoms with van der Waals surface area (Å²) < 4.78 is 10.3. The third kappa shape index (κ3) is 8.67. The van der Waals surface area contributed by atoms with Crippen LogP contribution in [0.15, 0.2) is 24.3 Å². The van der Waals surface area contributed by atoms with Gasteiger partial charge in [-0.1, -0.05) is 19.1 Å². The van der Waals surface area contributed by atoms with Crippen LogP contribution in [0.3, 0.4) is 0 Å². The van der Waals surface area contributed by atoms with Crippen LogP contribution in [0.4, 0.5) is 4.79 Å². The van der Waals surface area contributed by atoms with Crippen molar-refractivity contribution in [2.24, 2.45) is 0 Å². The first-order valence-electron chi connectivity index (χ1n) is 8.23. The smallest absolute Gasteiger partial charge is 0.408 e. The maximum absolute atomic E-state index is 12.4. The second-order valence-corrected chi connectivity index (χ2v) is 7.74. The standard InChI is InChI=1S/C18H28N2O4S/c1-6-25-12-15(20-17(22)24-18(2,3)4)16(21)19-11-13-7-9-14(23-5)10-8-13/h7-10,15H,6,11-12H2,1-5H3,(H,19,21)(H,20,22)/t15-/m0/s1. The second-order valence-electron chi connectivity index (χ2n) is 6.42. The van der Waals surface area contributed by atoms with Gasteiger partial charge in [-0.15, -0.1) is 0 Å². The number of carbonyl (C=O) groups is 2. The highest BCUT2D eigenvalue weighted by molar-refractivity contribution is 7.99. The fraction of sp³-hybridized carbons (Fsp3) is 0.556. The van der Waals surface area contributed by atoms with Gasteiger partial charge in [-0.25, -0.2) is 4.79 Å². The van der Waals surface area contributed by atoms with Gasteiger partial charge in [0.2, 0.25) is 5.91 Å². The summed E-state index contributed by atoms with van der Waals surface area (Å²) in [5.41, 5.74) is 0.347. The first-order chi connectivity index (χ1) is 11.7. The predicted octanol–water partition coefficient (Wildman–Crippen LogP) is 2.96. The molecule has 2 amide bonds. The molecule has 6 nitrogen and oxygen atoms in total. The minimum Gasteiger partial charge on any atom is -0.497 e. The molecule has 0 aromatic heterocycles. The first kappa shape index (κ1) is 21.2. The summed E-state index contributed by atoms with van der Waals surface area (Å²) in [5, 5.41) is 5.50. The van der Waals surface area contributed by atoms with Gasteiger partial charge in [0.25, 0.3) is 0 Å². The molecule has 1 atom stereocenters. The number of methoxy groups -OCH3 is 1. The number of amides is 2. The van der Waals surface area contributed by atoms with Crippen LogP contribution in [-0.4, -0.2) is 42.3 Å². The van der Waals surface area contributed by atoms with Crippen molar-refractivity contribution in [1.29, 1.82) is 0 Å². The molecule has 0 saturated heterocycles. The number of ether oxygens (including phenoxy) is 2. The Morgan fingerprint density at radius 2 is 1.84 bits per heavy atom. The highest BCUT2D eigenvalue weighted by atomic mass is 32.2. The Labute approximate surface area is 154 Å². The lowest BCUT2D eigenvalue weighted by Crippen LogP contribution is -2.49. The lowest BCUT2D eigenvalue weighted by Gasteiger charge is -2.23. The van der Waals surface area contributed by atoms with E-state index in [0.29, 0.717) is 12.3 Å². The van der Waals surface area contributed by atoms with Crippen LogP contribution in [-0.2, 0) is 16.1 Å². The monoisotopic (exact) mass is 368 g/mol. The maximum Gasteiger partial charge on any atom is 0.408 e. The second kappa shape index (κ2) is 10.2. The molecule has 7 heteroatoms. The number of carbonyl (C=O) groups excluding carboxylic acids is 2. The highest BCUT2D eigenvalue weighted by Gasteiger charge is 2.24. The molecule has 0 unspecified atom stereocenters. The van der Waals surface area contributed by atoms with Gasteiger partial charge in [-0.2, -0.15) is 11.8 Å². The number of alkyl carbamates (subject to hydrolysis) is 1. The number of hydrogen-bond acceptors (Lipinski definition) is 5. The molecule has 2 N–H and O–H groups in total. The van der Waals surface area contributed by atoms with Crippen molar-refractivity contribution in [2.75, 3.05) is 18.6 Å². The van der Waals surface area contributed by atoms with E-state index in [1.54, 1.807) is 39.6 Å². The Kier molecular flexibility index (Phi) is 8.61. The summed E-state index contributed by atoms with van der Waals surface area (Å²) in [4.78, 5) is 24.4. The van der Waals surface area contributed by atoms with E-state index < -0.39 is 17.7 Å². The number of hydrogen-bond donors (Lipinski definition) is 2. The van der Waals surface area contributed by atoms with E-state index in [9.17, 15) is 9.59 Å². The molecule has 0 bridgehead atoms. The molecule has 25 heavy (non-hydrogen) atoms. The number of rotatable bonds is 8. The molecule has 1 aromatic carbocycles. The normalized spacial score (nSPS) is 12.2. The zero-order valence-electron chi connectivity index (χ0n) is 15.5. The SMILES string of the molecule is CCSC[C@H](NC(=O)OC(C)(C)C)C(=O)NCc1ccc(OC)cc1. The zero-order valence-corrected chi connectivity index (χ0v) is 16.4. The molecule has 1 aromatic rings. The Balaban J connectivity index is 2.60. The summed E-state index contributed by atoms with van der Waals surface area (Å²) in [5.74, 6) is 1.88. The lowest BCUT2D eigenvalue weighted by atomic mass is 10.2. The van der Waals surface area contributed by atoms with Crippen LogP contribution in [0.2, 0.25) is 0 Å². The molecule has 0 aliphatic heterocycles. The summed E-state index contributed by atoms with van der Waals surface area (Å²) in [7, 11) is 1.61. The van der Waals surface area contributed by atoms with Gasteiger partial charge in [0, 0.05) is 12.3 Å². The van der Waals surface area contributed by atoms with Crippen LogP contribution in [0.25, 0.3) is 0 Å². The van der Waals surface area contributed by atoms with E-state index in [2.05, 4.69) is 10.6 Å². The molecule has 0 spiro atoms. The van der Waals surface area contributed by atoms with Crippen molar-refractivity contribution in [3.8, 4) is 5.75 Å². The van der Waals surface area contributed by atoms with E-state index in [0.717, 1.165) is 17.1 Å². The van der Waals surface area contributed by atoms with Gasteiger partial charge in [0.05, 0.1) is 7.11 Å². The quantitative estimate of drug-likeness (QED) is 0.738. The van der Waals surface area contributed by atoms with Crippen molar-refractivity contribution in [2.45, 2.75) is 45.9 Å². The van der Waals surface area contributed by atoms with Crippen LogP contribution in [0, 0.1) is 0 Å². The van der Waals surface area contributed by atoms with Crippen molar-refractivity contribution < 1.29 is 19.1 Å². The van der Waals surface area contributed by atoms with Gasteiger partial charge >= 0.3 is 6.09 Å². The minimum absolute atomic E-state index is 0.234. The largest absolute Gasteiger partial charge is 0.497 e. The van der Waals surface area contributed by atoms with Crippen LogP contribution < -0.4 is 15.4 Å². The molecule has 1 rings (SSSR count). The number of thioether (sulfide) groups is 1. The van der Waals surface area contributed by atoms with E-state index in [4.69, 9.17) is 9.47 Å². The van der Waals surface area contributed by atoms with E-state index in [1.807, 2.05) is 31.2 Å². The topological polar surface area (TPSA) is 76.7 Å². The van der Waals surface area contributed by atoms with Gasteiger partial charge < -0.3 is 20.1 Å². The molecular weight excluding hydrogens is 340 g/mol. The average molecular weight is 368 g/mol. The lowest BCUT2D eigenvalue weighted by molar-refractivity contribution is -0.122. The molecule has 140 valence electrons. The molecule has 0 radical (unpaired) electrons. The first-order valence-corrected chi connectivity index (χ1v) is 9.38. The Hall–Kier alpha value is -1.89.